The quantitative estimate of drug-likeness (QED) is 0.844. The fourth-order valence-corrected chi connectivity index (χ4v) is 1.41. The largest absolute Gasteiger partial charge is 0.477 e. The summed E-state index contributed by atoms with van der Waals surface area (Å²) in [7, 11) is 0. The molecule has 17 heavy (non-hydrogen) atoms. The summed E-state index contributed by atoms with van der Waals surface area (Å²) in [6.07, 6.45) is 1.22. The molecule has 0 radical (unpaired) electrons. The van der Waals surface area contributed by atoms with E-state index in [-0.39, 0.29) is 5.69 Å². The van der Waals surface area contributed by atoms with Crippen LogP contribution in [0.2, 0.25) is 0 Å². The predicted molar refractivity (Wildman–Crippen MR) is 63.5 cm³/mol. The molecule has 2 N–H and O–H groups in total. The van der Waals surface area contributed by atoms with Crippen LogP contribution in [0, 0.1) is 6.92 Å². The van der Waals surface area contributed by atoms with Crippen molar-refractivity contribution in [2.24, 2.45) is 0 Å². The number of nitrogens with one attached hydrogen (secondary N) is 1. The van der Waals surface area contributed by atoms with Crippen LogP contribution in [0.5, 0.6) is 0 Å². The number of benzene rings is 1. The van der Waals surface area contributed by atoms with Gasteiger partial charge in [-0.05, 0) is 24.6 Å². The number of aryl methyl sites for hydroxylation is 1. The number of aromatic nitrogens is 2. The van der Waals surface area contributed by atoms with Crippen LogP contribution in [-0.4, -0.2) is 21.0 Å². The van der Waals surface area contributed by atoms with E-state index in [2.05, 4.69) is 15.3 Å². The normalized spacial score (nSPS) is 9.94. The smallest absolute Gasteiger partial charge is 0.354 e. The minimum atomic E-state index is -1.07. The van der Waals surface area contributed by atoms with Gasteiger partial charge in [0, 0.05) is 11.8 Å². The second kappa shape index (κ2) is 4.61. The third kappa shape index (κ3) is 2.78. The van der Waals surface area contributed by atoms with Crippen molar-refractivity contribution in [3.05, 3.63) is 47.9 Å². The zero-order valence-electron chi connectivity index (χ0n) is 9.21. The van der Waals surface area contributed by atoms with Gasteiger partial charge in [-0.2, -0.15) is 0 Å². The summed E-state index contributed by atoms with van der Waals surface area (Å²) in [6, 6.07) is 9.12. The number of anilines is 2. The topological polar surface area (TPSA) is 75.1 Å². The number of carbonyl (C=O) groups is 1. The molecule has 0 aliphatic rings. The summed E-state index contributed by atoms with van der Waals surface area (Å²) in [5.74, 6) is -0.609. The highest BCUT2D eigenvalue weighted by Crippen LogP contribution is 2.15. The van der Waals surface area contributed by atoms with Gasteiger partial charge in [-0.3, -0.25) is 0 Å². The van der Waals surface area contributed by atoms with Crippen LogP contribution in [-0.2, 0) is 0 Å². The zero-order chi connectivity index (χ0) is 12.3. The molecule has 2 aromatic rings. The van der Waals surface area contributed by atoms with Gasteiger partial charge in [0.25, 0.3) is 0 Å². The lowest BCUT2D eigenvalue weighted by Gasteiger charge is -2.06. The Morgan fingerprint density at radius 2 is 2.12 bits per heavy atom. The van der Waals surface area contributed by atoms with Crippen molar-refractivity contribution in [3.63, 3.8) is 0 Å². The van der Waals surface area contributed by atoms with Crippen LogP contribution in [0.25, 0.3) is 0 Å². The Bertz CT molecular complexity index is 555. The fraction of sp³-hybridized carbons (Fsp3) is 0.0833. The van der Waals surface area contributed by atoms with Crippen LogP contribution in [0.1, 0.15) is 16.1 Å². The molecule has 5 nitrogen and oxygen atoms in total. The lowest BCUT2D eigenvalue weighted by Crippen LogP contribution is -2.03. The molecule has 0 bridgehead atoms. The number of hydrogen-bond donors (Lipinski definition) is 2. The third-order valence-corrected chi connectivity index (χ3v) is 2.18. The van der Waals surface area contributed by atoms with Crippen molar-refractivity contribution < 1.29 is 9.90 Å². The summed E-state index contributed by atoms with van der Waals surface area (Å²) in [5, 5.41) is 11.8. The Labute approximate surface area is 98.2 Å². The molecular weight excluding hydrogens is 218 g/mol. The van der Waals surface area contributed by atoms with Gasteiger partial charge in [0.15, 0.2) is 5.69 Å². The maximum Gasteiger partial charge on any atom is 0.354 e. The van der Waals surface area contributed by atoms with Gasteiger partial charge in [0.1, 0.15) is 12.1 Å². The standard InChI is InChI=1S/C12H11N3O2/c1-8-3-2-4-9(5-8)15-11-6-10(12(16)17)13-7-14-11/h2-7H,1H3,(H,16,17)(H,13,14,15). The van der Waals surface area contributed by atoms with Gasteiger partial charge in [-0.15, -0.1) is 0 Å². The van der Waals surface area contributed by atoms with Crippen molar-refractivity contribution in [2.45, 2.75) is 6.92 Å². The third-order valence-electron chi connectivity index (χ3n) is 2.18. The summed E-state index contributed by atoms with van der Waals surface area (Å²) in [4.78, 5) is 18.4. The molecule has 5 heteroatoms. The van der Waals surface area contributed by atoms with E-state index in [1.54, 1.807) is 0 Å². The average molecular weight is 229 g/mol. The van der Waals surface area contributed by atoms with E-state index in [9.17, 15) is 4.79 Å². The lowest BCUT2D eigenvalue weighted by molar-refractivity contribution is 0.0690. The number of carboxylic acid groups (broad SMARTS) is 1. The van der Waals surface area contributed by atoms with E-state index in [0.29, 0.717) is 5.82 Å². The Hall–Kier alpha value is -2.43. The molecule has 1 aromatic heterocycles. The van der Waals surface area contributed by atoms with Gasteiger partial charge in [0.05, 0.1) is 0 Å². The van der Waals surface area contributed by atoms with E-state index >= 15 is 0 Å². The first kappa shape index (κ1) is 11.1. The van der Waals surface area contributed by atoms with Crippen LogP contribution < -0.4 is 5.32 Å². The minimum Gasteiger partial charge on any atom is -0.477 e. The fourth-order valence-electron chi connectivity index (χ4n) is 1.41. The second-order valence-electron chi connectivity index (χ2n) is 3.59. The first-order valence-corrected chi connectivity index (χ1v) is 5.04. The van der Waals surface area contributed by atoms with Gasteiger partial charge in [-0.25, -0.2) is 14.8 Å². The van der Waals surface area contributed by atoms with Crippen molar-refractivity contribution >= 4 is 17.5 Å². The van der Waals surface area contributed by atoms with Crippen LogP contribution in [0.15, 0.2) is 36.7 Å². The number of rotatable bonds is 3. The molecule has 0 spiro atoms. The highest BCUT2D eigenvalue weighted by Gasteiger charge is 2.05. The van der Waals surface area contributed by atoms with E-state index in [4.69, 9.17) is 5.11 Å². The molecule has 2 rings (SSSR count). The van der Waals surface area contributed by atoms with Gasteiger partial charge < -0.3 is 10.4 Å². The summed E-state index contributed by atoms with van der Waals surface area (Å²) in [6.45, 7) is 1.98. The van der Waals surface area contributed by atoms with E-state index in [0.717, 1.165) is 11.3 Å². The Morgan fingerprint density at radius 1 is 1.29 bits per heavy atom. The highest BCUT2D eigenvalue weighted by molar-refractivity contribution is 5.86. The molecule has 0 saturated carbocycles. The van der Waals surface area contributed by atoms with Gasteiger partial charge in [0.2, 0.25) is 0 Å². The number of carboxylic acids is 1. The average Bonchev–Trinajstić information content (AvgIpc) is 2.29. The lowest BCUT2D eigenvalue weighted by atomic mass is 10.2. The van der Waals surface area contributed by atoms with Crippen LogP contribution >= 0.6 is 0 Å². The summed E-state index contributed by atoms with van der Waals surface area (Å²) >= 11 is 0. The summed E-state index contributed by atoms with van der Waals surface area (Å²) in [5.41, 5.74) is 1.94. The number of nitrogens with zero attached hydrogens (tertiary/aromatic N) is 2. The highest BCUT2D eigenvalue weighted by atomic mass is 16.4. The van der Waals surface area contributed by atoms with Gasteiger partial charge in [-0.1, -0.05) is 12.1 Å². The molecule has 86 valence electrons. The molecule has 0 aliphatic heterocycles. The molecular formula is C12H11N3O2. The van der Waals surface area contributed by atoms with E-state index in [1.807, 2.05) is 31.2 Å². The van der Waals surface area contributed by atoms with E-state index < -0.39 is 5.97 Å². The van der Waals surface area contributed by atoms with Crippen molar-refractivity contribution in [2.75, 3.05) is 5.32 Å². The molecule has 1 aromatic carbocycles. The number of hydrogen-bond acceptors (Lipinski definition) is 4. The SMILES string of the molecule is Cc1cccc(Nc2cc(C(=O)O)ncn2)c1. The Morgan fingerprint density at radius 3 is 2.82 bits per heavy atom. The molecule has 0 fully saturated rings. The van der Waals surface area contributed by atoms with E-state index in [1.165, 1.54) is 12.4 Å². The molecule has 1 heterocycles. The van der Waals surface area contributed by atoms with Crippen molar-refractivity contribution in [3.8, 4) is 0 Å². The first-order chi connectivity index (χ1) is 8.15. The summed E-state index contributed by atoms with van der Waals surface area (Å²) < 4.78 is 0. The van der Waals surface area contributed by atoms with Gasteiger partial charge >= 0.3 is 5.97 Å². The number of aromatic carboxylic acids is 1. The molecule has 0 atom stereocenters. The Kier molecular flexibility index (Phi) is 3.00. The van der Waals surface area contributed by atoms with Crippen LogP contribution in [0.3, 0.4) is 0 Å². The maximum absolute atomic E-state index is 10.7. The van der Waals surface area contributed by atoms with Crippen molar-refractivity contribution in [1.82, 2.24) is 9.97 Å². The minimum absolute atomic E-state index is 0.0323. The second-order valence-corrected chi connectivity index (χ2v) is 3.59. The first-order valence-electron chi connectivity index (χ1n) is 5.04. The Balaban J connectivity index is 2.24. The molecule has 0 saturated heterocycles. The maximum atomic E-state index is 10.7. The molecule has 0 amide bonds. The molecule has 0 unspecified atom stereocenters. The van der Waals surface area contributed by atoms with Crippen molar-refractivity contribution in [1.29, 1.82) is 0 Å². The predicted octanol–water partition coefficient (Wildman–Crippen LogP) is 2.23. The molecule has 0 aliphatic carbocycles. The zero-order valence-corrected chi connectivity index (χ0v) is 9.21. The van der Waals surface area contributed by atoms with Crippen LogP contribution in [0.4, 0.5) is 11.5 Å². The monoisotopic (exact) mass is 229 g/mol.